The molecule has 2 N–H and O–H groups in total. The number of nitrogens with zero attached hydrogens (tertiary/aromatic N) is 5. The van der Waals surface area contributed by atoms with Gasteiger partial charge < -0.3 is 0 Å². The lowest BCUT2D eigenvalue weighted by molar-refractivity contribution is 0.102. The first kappa shape index (κ1) is 12.4. The second kappa shape index (κ2) is 5.13. The maximum atomic E-state index is 11.9. The molecular formula is C11H9N7OS. The first-order valence-electron chi connectivity index (χ1n) is 5.65. The van der Waals surface area contributed by atoms with Crippen molar-refractivity contribution in [1.82, 2.24) is 30.4 Å². The minimum absolute atomic E-state index is 0.226. The molecule has 3 aromatic rings. The average Bonchev–Trinajstić information content (AvgIpc) is 3.08. The third kappa shape index (κ3) is 2.38. The number of aromatic amines is 1. The van der Waals surface area contributed by atoms with Crippen LogP contribution in [0, 0.1) is 6.92 Å². The topological polar surface area (TPSA) is 109 Å². The highest BCUT2D eigenvalue weighted by Gasteiger charge is 2.14. The van der Waals surface area contributed by atoms with Crippen molar-refractivity contribution < 1.29 is 4.79 Å². The average molecular weight is 287 g/mol. The molecule has 3 aromatic heterocycles. The number of carbonyl (C=O) groups is 1. The monoisotopic (exact) mass is 287 g/mol. The molecule has 0 aliphatic carbocycles. The maximum absolute atomic E-state index is 11.9. The van der Waals surface area contributed by atoms with Gasteiger partial charge in [0.25, 0.3) is 5.91 Å². The molecule has 8 nitrogen and oxygen atoms in total. The van der Waals surface area contributed by atoms with E-state index in [9.17, 15) is 4.79 Å². The van der Waals surface area contributed by atoms with Crippen molar-refractivity contribution in [1.29, 1.82) is 0 Å². The van der Waals surface area contributed by atoms with Crippen LogP contribution in [0.2, 0.25) is 0 Å². The van der Waals surface area contributed by atoms with Crippen molar-refractivity contribution in [3.8, 4) is 10.6 Å². The summed E-state index contributed by atoms with van der Waals surface area (Å²) >= 11 is 1.27. The Kier molecular flexibility index (Phi) is 3.17. The molecule has 0 radical (unpaired) electrons. The number of H-pyrrole nitrogens is 1. The van der Waals surface area contributed by atoms with Gasteiger partial charge in [-0.25, -0.2) is 4.98 Å². The van der Waals surface area contributed by atoms with Gasteiger partial charge in [0.15, 0.2) is 5.01 Å². The third-order valence-corrected chi connectivity index (χ3v) is 3.37. The van der Waals surface area contributed by atoms with E-state index in [1.807, 2.05) is 6.92 Å². The van der Waals surface area contributed by atoms with E-state index in [0.29, 0.717) is 10.1 Å². The Balaban J connectivity index is 1.78. The summed E-state index contributed by atoms with van der Waals surface area (Å²) in [4.78, 5) is 19.6. The molecule has 20 heavy (non-hydrogen) atoms. The number of rotatable bonds is 3. The van der Waals surface area contributed by atoms with Crippen molar-refractivity contribution in [3.05, 3.63) is 36.2 Å². The standard InChI is InChI=1S/C11H9N7OS/c1-6-7(4-14-16-6)10-17-18-11(20-10)15-9(19)8-5-12-2-3-13-8/h2-5H,1H3,(H,14,16)(H,15,18,19). The van der Waals surface area contributed by atoms with Crippen molar-refractivity contribution in [2.24, 2.45) is 0 Å². The lowest BCUT2D eigenvalue weighted by Gasteiger charge is -1.98. The summed E-state index contributed by atoms with van der Waals surface area (Å²) in [6.45, 7) is 1.89. The second-order valence-electron chi connectivity index (χ2n) is 3.87. The number of nitrogens with one attached hydrogen (secondary N) is 2. The number of anilines is 1. The van der Waals surface area contributed by atoms with Gasteiger partial charge in [0.2, 0.25) is 5.13 Å². The highest BCUT2D eigenvalue weighted by molar-refractivity contribution is 7.18. The number of aryl methyl sites for hydroxylation is 1. The Morgan fingerprint density at radius 3 is 2.90 bits per heavy atom. The van der Waals surface area contributed by atoms with Crippen LogP contribution in [0.3, 0.4) is 0 Å². The molecule has 3 rings (SSSR count). The van der Waals surface area contributed by atoms with Crippen molar-refractivity contribution in [2.45, 2.75) is 6.92 Å². The van der Waals surface area contributed by atoms with Gasteiger partial charge in [0.05, 0.1) is 18.0 Å². The molecule has 1 amide bonds. The minimum Gasteiger partial charge on any atom is -0.295 e. The van der Waals surface area contributed by atoms with E-state index >= 15 is 0 Å². The summed E-state index contributed by atoms with van der Waals surface area (Å²) in [7, 11) is 0. The first-order chi connectivity index (χ1) is 9.74. The number of amides is 1. The Morgan fingerprint density at radius 2 is 2.20 bits per heavy atom. The fourth-order valence-electron chi connectivity index (χ4n) is 1.53. The molecule has 0 aromatic carbocycles. The first-order valence-corrected chi connectivity index (χ1v) is 6.47. The molecule has 0 saturated heterocycles. The summed E-state index contributed by atoms with van der Waals surface area (Å²) in [5, 5.41) is 18.4. The van der Waals surface area contributed by atoms with Gasteiger partial charge in [-0.2, -0.15) is 5.10 Å². The van der Waals surface area contributed by atoms with Gasteiger partial charge in [-0.05, 0) is 6.92 Å². The SMILES string of the molecule is Cc1[nH]ncc1-c1nnc(NC(=O)c2cnccn2)s1. The molecule has 0 aliphatic heterocycles. The maximum Gasteiger partial charge on any atom is 0.277 e. The zero-order chi connectivity index (χ0) is 13.9. The quantitative estimate of drug-likeness (QED) is 0.751. The van der Waals surface area contributed by atoms with Crippen LogP contribution in [-0.4, -0.2) is 36.3 Å². The van der Waals surface area contributed by atoms with Crippen LogP contribution in [-0.2, 0) is 0 Å². The van der Waals surface area contributed by atoms with E-state index in [2.05, 4.69) is 35.7 Å². The summed E-state index contributed by atoms with van der Waals surface area (Å²) in [6.07, 6.45) is 6.01. The lowest BCUT2D eigenvalue weighted by atomic mass is 10.3. The minimum atomic E-state index is -0.371. The van der Waals surface area contributed by atoms with E-state index in [1.54, 1.807) is 6.20 Å². The molecule has 3 heterocycles. The molecule has 0 saturated carbocycles. The Hall–Kier alpha value is -2.68. The lowest BCUT2D eigenvalue weighted by Crippen LogP contribution is -2.13. The van der Waals surface area contributed by atoms with Crippen molar-refractivity contribution >= 4 is 22.4 Å². The number of aromatic nitrogens is 6. The molecule has 0 spiro atoms. The normalized spacial score (nSPS) is 10.4. The second-order valence-corrected chi connectivity index (χ2v) is 4.84. The molecular weight excluding hydrogens is 278 g/mol. The predicted molar refractivity (Wildman–Crippen MR) is 72.2 cm³/mol. The molecule has 0 atom stereocenters. The van der Waals surface area contributed by atoms with Crippen LogP contribution in [0.15, 0.2) is 24.8 Å². The van der Waals surface area contributed by atoms with Crippen molar-refractivity contribution in [2.75, 3.05) is 5.32 Å². The highest BCUT2D eigenvalue weighted by Crippen LogP contribution is 2.27. The van der Waals surface area contributed by atoms with Crippen LogP contribution in [0.25, 0.3) is 10.6 Å². The molecule has 0 aliphatic rings. The van der Waals surface area contributed by atoms with Gasteiger partial charge in [-0.1, -0.05) is 11.3 Å². The van der Waals surface area contributed by atoms with E-state index in [0.717, 1.165) is 11.3 Å². The zero-order valence-corrected chi connectivity index (χ0v) is 11.2. The van der Waals surface area contributed by atoms with Crippen molar-refractivity contribution in [3.63, 3.8) is 0 Å². The molecule has 100 valence electrons. The van der Waals surface area contributed by atoms with Crippen LogP contribution in [0.1, 0.15) is 16.2 Å². The summed E-state index contributed by atoms with van der Waals surface area (Å²) < 4.78 is 0. The van der Waals surface area contributed by atoms with E-state index in [-0.39, 0.29) is 11.6 Å². The van der Waals surface area contributed by atoms with Crippen LogP contribution < -0.4 is 5.32 Å². The Bertz CT molecular complexity index is 736. The van der Waals surface area contributed by atoms with E-state index in [1.165, 1.54) is 29.9 Å². The molecule has 0 fully saturated rings. The number of hydrogen-bond donors (Lipinski definition) is 2. The number of carbonyl (C=O) groups excluding carboxylic acids is 1. The summed E-state index contributed by atoms with van der Waals surface area (Å²) in [5.74, 6) is -0.371. The fraction of sp³-hybridized carbons (Fsp3) is 0.0909. The van der Waals surface area contributed by atoms with Gasteiger partial charge in [-0.15, -0.1) is 10.2 Å². The Morgan fingerprint density at radius 1 is 1.30 bits per heavy atom. The van der Waals surface area contributed by atoms with Gasteiger partial charge in [-0.3, -0.25) is 20.2 Å². The molecule has 0 bridgehead atoms. The third-order valence-electron chi connectivity index (χ3n) is 2.50. The summed E-state index contributed by atoms with van der Waals surface area (Å²) in [6, 6.07) is 0. The Labute approximate surface area is 117 Å². The van der Waals surface area contributed by atoms with E-state index < -0.39 is 0 Å². The van der Waals surface area contributed by atoms with E-state index in [4.69, 9.17) is 0 Å². The molecule has 0 unspecified atom stereocenters. The van der Waals surface area contributed by atoms with Gasteiger partial charge in [0, 0.05) is 18.1 Å². The fourth-order valence-corrected chi connectivity index (χ4v) is 2.33. The summed E-state index contributed by atoms with van der Waals surface area (Å²) in [5.41, 5.74) is 1.99. The van der Waals surface area contributed by atoms with Gasteiger partial charge >= 0.3 is 0 Å². The van der Waals surface area contributed by atoms with Crippen LogP contribution in [0.4, 0.5) is 5.13 Å². The smallest absolute Gasteiger partial charge is 0.277 e. The van der Waals surface area contributed by atoms with Gasteiger partial charge in [0.1, 0.15) is 5.69 Å². The molecule has 9 heteroatoms. The van der Waals surface area contributed by atoms with Crippen LogP contribution >= 0.6 is 11.3 Å². The predicted octanol–water partition coefficient (Wildman–Crippen LogP) is 1.28. The number of hydrogen-bond acceptors (Lipinski definition) is 7. The van der Waals surface area contributed by atoms with Crippen LogP contribution in [0.5, 0.6) is 0 Å². The highest BCUT2D eigenvalue weighted by atomic mass is 32.1. The largest absolute Gasteiger partial charge is 0.295 e. The zero-order valence-electron chi connectivity index (χ0n) is 10.4.